The molecule has 1 aliphatic heterocycles. The van der Waals surface area contributed by atoms with Crippen molar-refractivity contribution >= 4 is 18.4 Å². The lowest BCUT2D eigenvalue weighted by atomic mass is 10.0. The standard InChI is InChI=1S/C10H20N2O2.ClH/c1-14-10(13)5-7-12-6-3-2-4-9(12)8-11;/h9H,2-8,11H2,1H3;1H. The molecule has 5 heteroatoms. The van der Waals surface area contributed by atoms with Gasteiger partial charge in [0.15, 0.2) is 0 Å². The number of ether oxygens (including phenoxy) is 1. The molecule has 0 spiro atoms. The predicted molar refractivity (Wildman–Crippen MR) is 62.1 cm³/mol. The number of halogens is 1. The largest absolute Gasteiger partial charge is 0.469 e. The lowest BCUT2D eigenvalue weighted by Crippen LogP contribution is -2.44. The van der Waals surface area contributed by atoms with E-state index in [1.165, 1.54) is 20.0 Å². The molecule has 0 aromatic heterocycles. The second-order valence-corrected chi connectivity index (χ2v) is 3.75. The molecule has 1 unspecified atom stereocenters. The fourth-order valence-corrected chi connectivity index (χ4v) is 1.96. The zero-order chi connectivity index (χ0) is 10.4. The van der Waals surface area contributed by atoms with E-state index in [-0.39, 0.29) is 18.4 Å². The van der Waals surface area contributed by atoms with Crippen molar-refractivity contribution in [2.45, 2.75) is 31.7 Å². The second-order valence-electron chi connectivity index (χ2n) is 3.75. The van der Waals surface area contributed by atoms with E-state index < -0.39 is 0 Å². The van der Waals surface area contributed by atoms with Gasteiger partial charge in [-0.3, -0.25) is 9.69 Å². The predicted octanol–water partition coefficient (Wildman–Crippen LogP) is 0.784. The number of rotatable bonds is 4. The molecule has 1 fully saturated rings. The molecule has 0 bridgehead atoms. The number of nitrogens with zero attached hydrogens (tertiary/aromatic N) is 1. The molecule has 90 valence electrons. The van der Waals surface area contributed by atoms with Crippen LogP contribution < -0.4 is 5.73 Å². The number of nitrogens with two attached hydrogens (primary N) is 1. The maximum absolute atomic E-state index is 11.0. The smallest absolute Gasteiger partial charge is 0.306 e. The topological polar surface area (TPSA) is 55.6 Å². The number of methoxy groups -OCH3 is 1. The van der Waals surface area contributed by atoms with E-state index in [9.17, 15) is 4.79 Å². The fraction of sp³-hybridized carbons (Fsp3) is 0.900. The molecular formula is C10H21ClN2O2. The van der Waals surface area contributed by atoms with Crippen molar-refractivity contribution in [3.8, 4) is 0 Å². The summed E-state index contributed by atoms with van der Waals surface area (Å²) in [5.74, 6) is -0.133. The van der Waals surface area contributed by atoms with Gasteiger partial charge >= 0.3 is 5.97 Å². The first-order valence-electron chi connectivity index (χ1n) is 5.29. The van der Waals surface area contributed by atoms with Crippen LogP contribution in [0.25, 0.3) is 0 Å². The summed E-state index contributed by atoms with van der Waals surface area (Å²) in [6.07, 6.45) is 4.12. The Labute approximate surface area is 97.5 Å². The Morgan fingerprint density at radius 2 is 2.27 bits per heavy atom. The number of carbonyl (C=O) groups excluding carboxylic acids is 1. The minimum absolute atomic E-state index is 0. The van der Waals surface area contributed by atoms with Crippen LogP contribution in [0.4, 0.5) is 0 Å². The third-order valence-electron chi connectivity index (χ3n) is 2.85. The fourth-order valence-electron chi connectivity index (χ4n) is 1.96. The maximum atomic E-state index is 11.0. The Kier molecular flexibility index (Phi) is 7.74. The lowest BCUT2D eigenvalue weighted by Gasteiger charge is -2.34. The highest BCUT2D eigenvalue weighted by molar-refractivity contribution is 5.85. The number of carbonyl (C=O) groups is 1. The molecule has 0 aliphatic carbocycles. The molecule has 15 heavy (non-hydrogen) atoms. The average Bonchev–Trinajstić information content (AvgIpc) is 2.26. The lowest BCUT2D eigenvalue weighted by molar-refractivity contribution is -0.141. The Hall–Kier alpha value is -0.320. The van der Waals surface area contributed by atoms with Crippen LogP contribution in [0.3, 0.4) is 0 Å². The summed E-state index contributed by atoms with van der Waals surface area (Å²) < 4.78 is 4.61. The van der Waals surface area contributed by atoms with E-state index in [2.05, 4.69) is 9.64 Å². The quantitative estimate of drug-likeness (QED) is 0.734. The molecule has 1 aliphatic rings. The van der Waals surface area contributed by atoms with Gasteiger partial charge in [0.05, 0.1) is 13.5 Å². The zero-order valence-corrected chi connectivity index (χ0v) is 10.1. The number of hydrogen-bond donors (Lipinski definition) is 1. The van der Waals surface area contributed by atoms with E-state index in [4.69, 9.17) is 5.73 Å². The van der Waals surface area contributed by atoms with Gasteiger partial charge < -0.3 is 10.5 Å². The zero-order valence-electron chi connectivity index (χ0n) is 9.28. The monoisotopic (exact) mass is 236 g/mol. The molecule has 1 rings (SSSR count). The van der Waals surface area contributed by atoms with Crippen LogP contribution in [-0.2, 0) is 9.53 Å². The van der Waals surface area contributed by atoms with Gasteiger partial charge in [-0.2, -0.15) is 0 Å². The first-order chi connectivity index (χ1) is 6.77. The van der Waals surface area contributed by atoms with E-state index in [0.717, 1.165) is 19.5 Å². The molecule has 0 amide bonds. The molecule has 2 N–H and O–H groups in total. The molecule has 0 aromatic rings. The van der Waals surface area contributed by atoms with Crippen molar-refractivity contribution in [1.82, 2.24) is 4.90 Å². The maximum Gasteiger partial charge on any atom is 0.306 e. The third-order valence-corrected chi connectivity index (χ3v) is 2.85. The first-order valence-corrected chi connectivity index (χ1v) is 5.29. The van der Waals surface area contributed by atoms with Gasteiger partial charge in [-0.05, 0) is 19.4 Å². The van der Waals surface area contributed by atoms with Crippen LogP contribution in [0.2, 0.25) is 0 Å². The SMILES string of the molecule is COC(=O)CCN1CCCCC1CN.Cl. The van der Waals surface area contributed by atoms with Gasteiger partial charge in [0.2, 0.25) is 0 Å². The summed E-state index contributed by atoms with van der Waals surface area (Å²) in [4.78, 5) is 13.3. The van der Waals surface area contributed by atoms with E-state index in [1.54, 1.807) is 0 Å². The van der Waals surface area contributed by atoms with Gasteiger partial charge in [0.25, 0.3) is 0 Å². The number of esters is 1. The summed E-state index contributed by atoms with van der Waals surface area (Å²) in [5, 5.41) is 0. The van der Waals surface area contributed by atoms with Crippen molar-refractivity contribution < 1.29 is 9.53 Å². The Morgan fingerprint density at radius 1 is 1.53 bits per heavy atom. The van der Waals surface area contributed by atoms with E-state index >= 15 is 0 Å². The highest BCUT2D eigenvalue weighted by atomic mass is 35.5. The highest BCUT2D eigenvalue weighted by Crippen LogP contribution is 2.16. The van der Waals surface area contributed by atoms with Gasteiger partial charge in [-0.1, -0.05) is 6.42 Å². The summed E-state index contributed by atoms with van der Waals surface area (Å²) >= 11 is 0. The number of piperidine rings is 1. The van der Waals surface area contributed by atoms with Crippen molar-refractivity contribution in [3.05, 3.63) is 0 Å². The van der Waals surface area contributed by atoms with Gasteiger partial charge in [0.1, 0.15) is 0 Å². The van der Waals surface area contributed by atoms with Crippen LogP contribution in [0, 0.1) is 0 Å². The second kappa shape index (κ2) is 7.91. The summed E-state index contributed by atoms with van der Waals surface area (Å²) in [6, 6.07) is 0.466. The van der Waals surface area contributed by atoms with Gasteiger partial charge in [-0.25, -0.2) is 0 Å². The van der Waals surface area contributed by atoms with Crippen molar-refractivity contribution in [2.24, 2.45) is 5.73 Å². The molecular weight excluding hydrogens is 216 g/mol. The molecule has 0 saturated carbocycles. The van der Waals surface area contributed by atoms with Crippen LogP contribution in [0.15, 0.2) is 0 Å². The van der Waals surface area contributed by atoms with Gasteiger partial charge in [0, 0.05) is 19.1 Å². The first kappa shape index (κ1) is 14.7. The molecule has 1 atom stereocenters. The Bertz CT molecular complexity index is 190. The minimum Gasteiger partial charge on any atom is -0.469 e. The minimum atomic E-state index is -0.133. The van der Waals surface area contributed by atoms with Gasteiger partial charge in [-0.15, -0.1) is 12.4 Å². The Morgan fingerprint density at radius 3 is 2.87 bits per heavy atom. The summed E-state index contributed by atoms with van der Waals surface area (Å²) in [6.45, 7) is 2.55. The number of likely N-dealkylation sites (tertiary alicyclic amines) is 1. The summed E-state index contributed by atoms with van der Waals surface area (Å²) in [7, 11) is 1.43. The Balaban J connectivity index is 0.00000196. The van der Waals surface area contributed by atoms with E-state index in [0.29, 0.717) is 19.0 Å². The molecule has 1 saturated heterocycles. The molecule has 0 aromatic carbocycles. The van der Waals surface area contributed by atoms with Crippen LogP contribution in [0.5, 0.6) is 0 Å². The van der Waals surface area contributed by atoms with Crippen molar-refractivity contribution in [1.29, 1.82) is 0 Å². The normalized spacial score (nSPS) is 21.9. The molecule has 0 radical (unpaired) electrons. The van der Waals surface area contributed by atoms with Crippen LogP contribution >= 0.6 is 12.4 Å². The average molecular weight is 237 g/mol. The molecule has 1 heterocycles. The van der Waals surface area contributed by atoms with Crippen LogP contribution in [-0.4, -0.2) is 43.7 Å². The summed E-state index contributed by atoms with van der Waals surface area (Å²) in [5.41, 5.74) is 5.67. The highest BCUT2D eigenvalue weighted by Gasteiger charge is 2.21. The van der Waals surface area contributed by atoms with E-state index in [1.807, 2.05) is 0 Å². The van der Waals surface area contributed by atoms with Crippen LogP contribution in [0.1, 0.15) is 25.7 Å². The third kappa shape index (κ3) is 4.82. The number of hydrogen-bond acceptors (Lipinski definition) is 4. The van der Waals surface area contributed by atoms with Crippen molar-refractivity contribution in [2.75, 3.05) is 26.7 Å². The van der Waals surface area contributed by atoms with Crippen molar-refractivity contribution in [3.63, 3.8) is 0 Å². The molecule has 4 nitrogen and oxygen atoms in total.